The molecule has 0 aliphatic heterocycles. The Labute approximate surface area is 156 Å². The molecule has 0 spiro atoms. The number of ether oxygens (including phenoxy) is 1. The van der Waals surface area contributed by atoms with Gasteiger partial charge in [-0.1, -0.05) is 23.8 Å². The summed E-state index contributed by atoms with van der Waals surface area (Å²) in [4.78, 5) is 17.4. The molecule has 0 aliphatic rings. The number of hydrogen-bond donors (Lipinski definition) is 2. The number of phenols is 1. The summed E-state index contributed by atoms with van der Waals surface area (Å²) in [5.41, 5.74) is 3.11. The summed E-state index contributed by atoms with van der Waals surface area (Å²) in [5.74, 6) is 0.517. The van der Waals surface area contributed by atoms with Gasteiger partial charge in [0, 0.05) is 0 Å². The smallest absolute Gasteiger partial charge is 0.267 e. The Bertz CT molecular complexity index is 933. The molecule has 0 atom stereocenters. The van der Waals surface area contributed by atoms with Gasteiger partial charge < -0.3 is 15.2 Å². The molecule has 134 valence electrons. The van der Waals surface area contributed by atoms with Crippen LogP contribution in [0.15, 0.2) is 42.5 Å². The molecule has 2 aromatic carbocycles. The van der Waals surface area contributed by atoms with Gasteiger partial charge >= 0.3 is 0 Å². The minimum atomic E-state index is -0.291. The predicted octanol–water partition coefficient (Wildman–Crippen LogP) is 4.61. The van der Waals surface area contributed by atoms with E-state index in [2.05, 4.69) is 10.3 Å². The number of thiazole rings is 1. The minimum Gasteiger partial charge on any atom is -0.506 e. The van der Waals surface area contributed by atoms with Crippen LogP contribution in [0.1, 0.15) is 31.5 Å². The van der Waals surface area contributed by atoms with Gasteiger partial charge in [-0.25, -0.2) is 4.98 Å². The highest BCUT2D eigenvalue weighted by Crippen LogP contribution is 2.26. The van der Waals surface area contributed by atoms with Crippen LogP contribution in [-0.4, -0.2) is 16.0 Å². The quantitative estimate of drug-likeness (QED) is 0.645. The Kier molecular flexibility index (Phi) is 5.23. The molecule has 0 saturated carbocycles. The van der Waals surface area contributed by atoms with E-state index in [-0.39, 0.29) is 11.7 Å². The Balaban J connectivity index is 1.68. The molecule has 0 radical (unpaired) electrons. The predicted molar refractivity (Wildman–Crippen MR) is 103 cm³/mol. The lowest BCUT2D eigenvalue weighted by Crippen LogP contribution is -2.11. The number of amides is 1. The second-order valence-electron chi connectivity index (χ2n) is 6.10. The molecule has 6 heteroatoms. The molecule has 5 nitrogen and oxygen atoms in total. The second-order valence-corrected chi connectivity index (χ2v) is 7.18. The summed E-state index contributed by atoms with van der Waals surface area (Å²) in [6.07, 6.45) is 0. The summed E-state index contributed by atoms with van der Waals surface area (Å²) in [6, 6.07) is 12.9. The van der Waals surface area contributed by atoms with E-state index >= 15 is 0 Å². The molecule has 2 N–H and O–H groups in total. The van der Waals surface area contributed by atoms with Crippen molar-refractivity contribution in [3.05, 3.63) is 69.2 Å². The topological polar surface area (TPSA) is 71.5 Å². The minimum absolute atomic E-state index is 0.0449. The maximum absolute atomic E-state index is 12.5. The van der Waals surface area contributed by atoms with Gasteiger partial charge in [-0.15, -0.1) is 11.3 Å². The van der Waals surface area contributed by atoms with Gasteiger partial charge in [-0.05, 0) is 50.6 Å². The first-order chi connectivity index (χ1) is 12.4. The molecule has 0 fully saturated rings. The van der Waals surface area contributed by atoms with Gasteiger partial charge in [0.15, 0.2) is 0 Å². The molecular formula is C20H20N2O3S. The van der Waals surface area contributed by atoms with E-state index in [4.69, 9.17) is 4.74 Å². The lowest BCUT2D eigenvalue weighted by molar-refractivity contribution is 0.102. The first-order valence-corrected chi connectivity index (χ1v) is 9.01. The number of phenolic OH excluding ortho intramolecular Hbond substituents is 1. The first kappa shape index (κ1) is 17.9. The van der Waals surface area contributed by atoms with Crippen LogP contribution in [0.4, 0.5) is 5.69 Å². The van der Waals surface area contributed by atoms with Crippen LogP contribution in [0.2, 0.25) is 0 Å². The van der Waals surface area contributed by atoms with E-state index in [0.717, 1.165) is 16.3 Å². The van der Waals surface area contributed by atoms with Crippen molar-refractivity contribution in [3.63, 3.8) is 0 Å². The van der Waals surface area contributed by atoms with Gasteiger partial charge in [0.2, 0.25) is 0 Å². The molecule has 26 heavy (non-hydrogen) atoms. The Morgan fingerprint density at radius 3 is 2.50 bits per heavy atom. The van der Waals surface area contributed by atoms with Crippen LogP contribution in [0.3, 0.4) is 0 Å². The lowest BCUT2D eigenvalue weighted by atomic mass is 10.2. The third-order valence-electron chi connectivity index (χ3n) is 3.83. The van der Waals surface area contributed by atoms with Crippen LogP contribution in [0.5, 0.6) is 11.5 Å². The van der Waals surface area contributed by atoms with E-state index < -0.39 is 0 Å². The van der Waals surface area contributed by atoms with Gasteiger partial charge in [-0.2, -0.15) is 0 Å². The van der Waals surface area contributed by atoms with Crippen molar-refractivity contribution in [2.75, 3.05) is 5.32 Å². The summed E-state index contributed by atoms with van der Waals surface area (Å²) < 4.78 is 5.72. The number of nitrogens with one attached hydrogen (secondary N) is 1. The molecule has 1 aromatic heterocycles. The molecule has 3 aromatic rings. The molecule has 0 saturated heterocycles. The summed E-state index contributed by atoms with van der Waals surface area (Å²) in [7, 11) is 0. The number of benzene rings is 2. The van der Waals surface area contributed by atoms with Crippen molar-refractivity contribution in [1.29, 1.82) is 0 Å². The van der Waals surface area contributed by atoms with Crippen molar-refractivity contribution in [2.45, 2.75) is 27.4 Å². The van der Waals surface area contributed by atoms with E-state index in [1.54, 1.807) is 19.1 Å². The lowest BCUT2D eigenvalue weighted by Gasteiger charge is -2.07. The number of rotatable bonds is 5. The first-order valence-electron chi connectivity index (χ1n) is 8.19. The van der Waals surface area contributed by atoms with Gasteiger partial charge in [0.1, 0.15) is 28.0 Å². The van der Waals surface area contributed by atoms with E-state index in [1.807, 2.05) is 44.2 Å². The molecule has 0 aliphatic carbocycles. The molecule has 0 bridgehead atoms. The van der Waals surface area contributed by atoms with Crippen LogP contribution in [0, 0.1) is 20.8 Å². The maximum atomic E-state index is 12.5. The number of aromatic nitrogens is 1. The van der Waals surface area contributed by atoms with Crippen LogP contribution in [-0.2, 0) is 6.61 Å². The average Bonchev–Trinajstić information content (AvgIpc) is 2.98. The molecule has 1 amide bonds. The number of aromatic hydroxyl groups is 1. The SMILES string of the molecule is Cc1ccc(OCc2nc(C)c(C(=O)Nc3ccc(C)cc3O)s2)cc1. The zero-order chi connectivity index (χ0) is 18.7. The molecule has 3 rings (SSSR count). The fourth-order valence-corrected chi connectivity index (χ4v) is 3.30. The summed E-state index contributed by atoms with van der Waals surface area (Å²) in [5, 5.41) is 13.4. The van der Waals surface area contributed by atoms with Crippen LogP contribution < -0.4 is 10.1 Å². The van der Waals surface area contributed by atoms with Crippen LogP contribution >= 0.6 is 11.3 Å². The zero-order valence-electron chi connectivity index (χ0n) is 14.9. The Morgan fingerprint density at radius 1 is 1.12 bits per heavy atom. The highest BCUT2D eigenvalue weighted by Gasteiger charge is 2.17. The number of carbonyl (C=O) groups is 1. The maximum Gasteiger partial charge on any atom is 0.267 e. The second kappa shape index (κ2) is 7.58. The summed E-state index contributed by atoms with van der Waals surface area (Å²) in [6.45, 7) is 5.98. The number of nitrogens with zero attached hydrogens (tertiary/aromatic N) is 1. The monoisotopic (exact) mass is 368 g/mol. The standard InChI is InChI=1S/C20H20N2O3S/c1-12-4-7-15(8-5-12)25-11-18-21-14(3)19(26-18)20(24)22-16-9-6-13(2)10-17(16)23/h4-10,23H,11H2,1-3H3,(H,22,24). The number of hydrogen-bond acceptors (Lipinski definition) is 5. The number of anilines is 1. The van der Waals surface area contributed by atoms with Gasteiger partial charge in [0.25, 0.3) is 5.91 Å². The normalized spacial score (nSPS) is 10.6. The van der Waals surface area contributed by atoms with E-state index in [1.165, 1.54) is 16.9 Å². The Morgan fingerprint density at radius 2 is 1.81 bits per heavy atom. The largest absolute Gasteiger partial charge is 0.506 e. The average molecular weight is 368 g/mol. The van der Waals surface area contributed by atoms with Crippen molar-refractivity contribution in [2.24, 2.45) is 0 Å². The molecular weight excluding hydrogens is 348 g/mol. The highest BCUT2D eigenvalue weighted by molar-refractivity contribution is 7.13. The number of aryl methyl sites for hydroxylation is 3. The Hall–Kier alpha value is -2.86. The molecule has 0 unspecified atom stereocenters. The number of carbonyl (C=O) groups excluding carboxylic acids is 1. The third kappa shape index (κ3) is 4.21. The van der Waals surface area contributed by atoms with Crippen LogP contribution in [0.25, 0.3) is 0 Å². The third-order valence-corrected chi connectivity index (χ3v) is 4.96. The van der Waals surface area contributed by atoms with Crippen molar-refractivity contribution < 1.29 is 14.6 Å². The zero-order valence-corrected chi connectivity index (χ0v) is 15.7. The van der Waals surface area contributed by atoms with Crippen molar-refractivity contribution in [1.82, 2.24) is 4.98 Å². The summed E-state index contributed by atoms with van der Waals surface area (Å²) >= 11 is 1.29. The van der Waals surface area contributed by atoms with Crippen molar-refractivity contribution in [3.8, 4) is 11.5 Å². The fourth-order valence-electron chi connectivity index (χ4n) is 2.43. The van der Waals surface area contributed by atoms with E-state index in [9.17, 15) is 9.90 Å². The molecule has 1 heterocycles. The fraction of sp³-hybridized carbons (Fsp3) is 0.200. The van der Waals surface area contributed by atoms with Crippen molar-refractivity contribution >= 4 is 22.9 Å². The highest BCUT2D eigenvalue weighted by atomic mass is 32.1. The van der Waals surface area contributed by atoms with Gasteiger partial charge in [0.05, 0.1) is 11.4 Å². The van der Waals surface area contributed by atoms with Gasteiger partial charge in [-0.3, -0.25) is 4.79 Å². The van der Waals surface area contributed by atoms with E-state index in [0.29, 0.717) is 22.9 Å².